The summed E-state index contributed by atoms with van der Waals surface area (Å²) in [5, 5.41) is 11.2. The summed E-state index contributed by atoms with van der Waals surface area (Å²) in [6.45, 7) is 3.87. The van der Waals surface area contributed by atoms with Gasteiger partial charge < -0.3 is 4.90 Å². The summed E-state index contributed by atoms with van der Waals surface area (Å²) in [7, 11) is 1.71. The van der Waals surface area contributed by atoms with E-state index in [1.54, 1.807) is 20.7 Å². The van der Waals surface area contributed by atoms with E-state index in [-0.39, 0.29) is 28.1 Å². The lowest BCUT2D eigenvalue weighted by atomic mass is 10.0. The predicted octanol–water partition coefficient (Wildman–Crippen LogP) is 5.66. The fourth-order valence-corrected chi connectivity index (χ4v) is 7.43. The molecule has 0 spiro atoms. The highest BCUT2D eigenvalue weighted by atomic mass is 35.5. The molecule has 0 amide bonds. The van der Waals surface area contributed by atoms with Crippen LogP contribution < -0.4 is 21.8 Å². The third kappa shape index (κ3) is 5.32. The maximum atomic E-state index is 14.1. The van der Waals surface area contributed by atoms with Crippen LogP contribution in [0.5, 0.6) is 0 Å². The maximum absolute atomic E-state index is 14.1. The van der Waals surface area contributed by atoms with Gasteiger partial charge in [0.25, 0.3) is 5.56 Å². The van der Waals surface area contributed by atoms with Crippen molar-refractivity contribution in [2.45, 2.75) is 38.9 Å². The van der Waals surface area contributed by atoms with Gasteiger partial charge in [0.2, 0.25) is 0 Å². The van der Waals surface area contributed by atoms with Gasteiger partial charge in [-0.15, -0.1) is 10.2 Å². The molecule has 1 aliphatic heterocycles. The highest BCUT2D eigenvalue weighted by Gasteiger charge is 2.28. The number of fused-ring (bicyclic) bond motifs is 3. The van der Waals surface area contributed by atoms with Crippen LogP contribution in [0.25, 0.3) is 32.7 Å². The predicted molar refractivity (Wildman–Crippen MR) is 194 cm³/mol. The number of hydrogen-bond acceptors (Lipinski definition) is 6. The van der Waals surface area contributed by atoms with E-state index in [9.17, 15) is 14.4 Å². The van der Waals surface area contributed by atoms with Gasteiger partial charge in [-0.2, -0.15) is 0 Å². The molecule has 246 valence electrons. The molecule has 10 nitrogen and oxygen atoms in total. The lowest BCUT2D eigenvalue weighted by Crippen LogP contribution is -2.45. The molecule has 8 rings (SSSR count). The van der Waals surface area contributed by atoms with Gasteiger partial charge in [0, 0.05) is 37.0 Å². The molecule has 7 aromatic rings. The average molecular weight is 672 g/mol. The van der Waals surface area contributed by atoms with Crippen LogP contribution in [-0.2, 0) is 20.1 Å². The number of aryl methyl sites for hydroxylation is 2. The molecule has 11 heteroatoms. The summed E-state index contributed by atoms with van der Waals surface area (Å²) in [5.74, 6) is 0.656. The summed E-state index contributed by atoms with van der Waals surface area (Å²) in [4.78, 5) is 43.3. The van der Waals surface area contributed by atoms with Crippen LogP contribution in [0.1, 0.15) is 35.6 Å². The zero-order valence-electron chi connectivity index (χ0n) is 27.2. The van der Waals surface area contributed by atoms with Gasteiger partial charge in [-0.05, 0) is 55.2 Å². The highest BCUT2D eigenvalue weighted by Crippen LogP contribution is 2.35. The summed E-state index contributed by atoms with van der Waals surface area (Å²) < 4.78 is 6.58. The van der Waals surface area contributed by atoms with Crippen molar-refractivity contribution in [3.8, 4) is 0 Å². The molecular weight excluding hydrogens is 638 g/mol. The number of aromatic nitrogens is 6. The van der Waals surface area contributed by atoms with E-state index in [0.717, 1.165) is 33.1 Å². The van der Waals surface area contributed by atoms with E-state index < -0.39 is 0 Å². The Morgan fingerprint density at radius 1 is 0.694 bits per heavy atom. The molecule has 0 radical (unpaired) electrons. The van der Waals surface area contributed by atoms with Crippen molar-refractivity contribution in [3.05, 3.63) is 144 Å². The number of rotatable bonds is 6. The van der Waals surface area contributed by atoms with Gasteiger partial charge >= 0.3 is 11.4 Å². The first-order valence-corrected chi connectivity index (χ1v) is 16.8. The average Bonchev–Trinajstić information content (AvgIpc) is 3.36. The number of nitrogens with zero attached hydrogens (tertiary/aromatic N) is 7. The molecule has 0 unspecified atom stereocenters. The zero-order valence-corrected chi connectivity index (χ0v) is 28.0. The normalized spacial score (nSPS) is 14.0. The van der Waals surface area contributed by atoms with Gasteiger partial charge in [0.05, 0.1) is 35.0 Å². The largest absolute Gasteiger partial charge is 0.354 e. The molecule has 0 atom stereocenters. The molecule has 49 heavy (non-hydrogen) atoms. The Bertz CT molecular complexity index is 2560. The summed E-state index contributed by atoms with van der Waals surface area (Å²) in [6.07, 6.45) is 1.15. The van der Waals surface area contributed by atoms with Crippen LogP contribution in [0.15, 0.2) is 105 Å². The van der Waals surface area contributed by atoms with Crippen molar-refractivity contribution in [1.29, 1.82) is 0 Å². The van der Waals surface area contributed by atoms with Gasteiger partial charge in [-0.3, -0.25) is 23.1 Å². The van der Waals surface area contributed by atoms with E-state index in [4.69, 9.17) is 11.6 Å². The van der Waals surface area contributed by atoms with E-state index in [1.165, 1.54) is 4.57 Å². The maximum Gasteiger partial charge on any atom is 0.331 e. The van der Waals surface area contributed by atoms with E-state index >= 15 is 0 Å². The first-order valence-electron chi connectivity index (χ1n) is 16.4. The van der Waals surface area contributed by atoms with Gasteiger partial charge in [0.15, 0.2) is 11.0 Å². The Morgan fingerprint density at radius 2 is 1.29 bits per heavy atom. The highest BCUT2D eigenvalue weighted by molar-refractivity contribution is 6.35. The van der Waals surface area contributed by atoms with Crippen LogP contribution in [0.3, 0.4) is 0 Å². The number of halogens is 1. The first-order chi connectivity index (χ1) is 23.8. The monoisotopic (exact) mass is 671 g/mol. The van der Waals surface area contributed by atoms with E-state index in [2.05, 4.69) is 15.1 Å². The van der Waals surface area contributed by atoms with Crippen LogP contribution >= 0.6 is 11.6 Å². The lowest BCUT2D eigenvalue weighted by molar-refractivity contribution is 0.370. The summed E-state index contributed by atoms with van der Waals surface area (Å²) in [5.41, 5.74) is 4.49. The standard InChI is InChI=1S/C38H34ClN7O3/c1-24-13-14-31-30(19-24)36(47)46(37(48)42(31)2)27-15-17-43(18-16-27)35-29-21-33-32(20-28(29)34(39)40-41-35)44(22-25-9-5-3-6-10-25)38(49)45(33)23-26-11-7-4-8-12-26/h3-14,19-21,27H,15-18,22-23H2,1-2H3. The van der Waals surface area contributed by atoms with E-state index in [0.29, 0.717) is 61.1 Å². The Hall–Kier alpha value is -5.48. The molecule has 0 saturated carbocycles. The molecule has 1 aliphatic rings. The van der Waals surface area contributed by atoms with Gasteiger partial charge in [-0.1, -0.05) is 83.9 Å². The quantitative estimate of drug-likeness (QED) is 0.226. The molecular formula is C38H34ClN7O3. The third-order valence-corrected chi connectivity index (χ3v) is 10.1. The molecule has 1 saturated heterocycles. The van der Waals surface area contributed by atoms with Crippen LogP contribution in [0.2, 0.25) is 5.15 Å². The van der Waals surface area contributed by atoms with Crippen molar-refractivity contribution in [1.82, 2.24) is 28.5 Å². The molecule has 4 heterocycles. The van der Waals surface area contributed by atoms with Crippen molar-refractivity contribution in [3.63, 3.8) is 0 Å². The second-order valence-corrected chi connectivity index (χ2v) is 13.2. The number of hydrogen-bond donors (Lipinski definition) is 0. The van der Waals surface area contributed by atoms with Crippen molar-refractivity contribution in [2.75, 3.05) is 18.0 Å². The van der Waals surface area contributed by atoms with Crippen LogP contribution in [0.4, 0.5) is 5.82 Å². The fraction of sp³-hybridized carbons (Fsp3) is 0.237. The third-order valence-electron chi connectivity index (χ3n) is 9.81. The van der Waals surface area contributed by atoms with Crippen molar-refractivity contribution < 1.29 is 0 Å². The Morgan fingerprint density at radius 3 is 1.90 bits per heavy atom. The first kappa shape index (κ1) is 30.8. The van der Waals surface area contributed by atoms with Crippen LogP contribution in [0, 0.1) is 6.92 Å². The Kier molecular flexibility index (Phi) is 7.67. The zero-order chi connectivity index (χ0) is 33.8. The number of imidazole rings is 1. The summed E-state index contributed by atoms with van der Waals surface area (Å²) >= 11 is 6.71. The molecule has 4 aromatic carbocycles. The topological polar surface area (TPSA) is 100.0 Å². The van der Waals surface area contributed by atoms with Gasteiger partial charge in [0.1, 0.15) is 0 Å². The smallest absolute Gasteiger partial charge is 0.331 e. The van der Waals surface area contributed by atoms with Crippen molar-refractivity contribution in [2.24, 2.45) is 7.05 Å². The van der Waals surface area contributed by atoms with Crippen LogP contribution in [-0.4, -0.2) is 41.6 Å². The van der Waals surface area contributed by atoms with Crippen molar-refractivity contribution >= 4 is 50.1 Å². The minimum Gasteiger partial charge on any atom is -0.354 e. The SMILES string of the molecule is Cc1ccc2c(c1)c(=O)n(C1CCN(c3nnc(Cl)c4cc5c(cc34)n(Cc3ccccc3)c(=O)n5Cc3ccccc3)CC1)c(=O)n2C. The fourth-order valence-electron chi connectivity index (χ4n) is 7.24. The number of anilines is 1. The lowest BCUT2D eigenvalue weighted by Gasteiger charge is -2.33. The van der Waals surface area contributed by atoms with E-state index in [1.807, 2.05) is 97.9 Å². The Balaban J connectivity index is 1.20. The molecule has 0 bridgehead atoms. The molecule has 0 N–H and O–H groups in total. The minimum absolute atomic E-state index is 0.116. The molecule has 0 aliphatic carbocycles. The number of piperidine rings is 1. The second kappa shape index (κ2) is 12.2. The minimum atomic E-state index is -0.310. The molecule has 3 aromatic heterocycles. The number of benzene rings is 4. The Labute approximate surface area is 286 Å². The summed E-state index contributed by atoms with van der Waals surface area (Å²) in [6, 6.07) is 29.1. The second-order valence-electron chi connectivity index (χ2n) is 12.9. The molecule has 1 fully saturated rings. The van der Waals surface area contributed by atoms with Gasteiger partial charge in [-0.25, -0.2) is 9.59 Å².